The third-order valence-corrected chi connectivity index (χ3v) is 3.27. The smallest absolute Gasteiger partial charge is 0.380 e. The average molecular weight is 465 g/mol. The monoisotopic (exact) mass is 465 g/mol. The molecule has 0 heterocycles. The van der Waals surface area contributed by atoms with Gasteiger partial charge >= 0.3 is 6.18 Å². The molecule has 0 saturated carbocycles. The van der Waals surface area contributed by atoms with Gasteiger partial charge in [-0.25, -0.2) is 4.99 Å². The minimum atomic E-state index is -4.37. The van der Waals surface area contributed by atoms with Gasteiger partial charge in [0.15, 0.2) is 5.96 Å². The first-order valence-electron chi connectivity index (χ1n) is 7.20. The first-order valence-corrected chi connectivity index (χ1v) is 7.20. The molecular weight excluding hydrogens is 446 g/mol. The van der Waals surface area contributed by atoms with Gasteiger partial charge in [0.25, 0.3) is 0 Å². The molecule has 8 heteroatoms. The van der Waals surface area contributed by atoms with Crippen LogP contribution in [0.1, 0.15) is 16.7 Å². The van der Waals surface area contributed by atoms with Gasteiger partial charge in [-0.05, 0) is 23.8 Å². The molecule has 0 fully saturated rings. The number of rotatable bonds is 5. The highest BCUT2D eigenvalue weighted by Crippen LogP contribution is 2.29. The maximum atomic E-state index is 12.7. The number of anilines is 1. The van der Waals surface area contributed by atoms with E-state index in [1.165, 1.54) is 6.07 Å². The third-order valence-electron chi connectivity index (χ3n) is 3.27. The van der Waals surface area contributed by atoms with E-state index < -0.39 is 11.7 Å². The summed E-state index contributed by atoms with van der Waals surface area (Å²) in [5, 5.41) is 2.94. The molecule has 2 aromatic rings. The normalized spacial score (nSPS) is 11.8. The molecule has 0 bridgehead atoms. The molecule has 2 aromatic carbocycles. The maximum Gasteiger partial charge on any atom is 0.416 e. The van der Waals surface area contributed by atoms with E-state index >= 15 is 0 Å². The fourth-order valence-corrected chi connectivity index (χ4v) is 2.12. The lowest BCUT2D eigenvalue weighted by atomic mass is 10.1. The molecule has 2 rings (SSSR count). The summed E-state index contributed by atoms with van der Waals surface area (Å²) in [7, 11) is 1.59. The molecule has 0 aliphatic carbocycles. The lowest BCUT2D eigenvalue weighted by Gasteiger charge is -2.11. The van der Waals surface area contributed by atoms with Crippen molar-refractivity contribution in [2.45, 2.75) is 19.3 Å². The minimum Gasteiger partial charge on any atom is -0.380 e. The fourth-order valence-electron chi connectivity index (χ4n) is 2.12. The fraction of sp³-hybridized carbons (Fsp3) is 0.235. The Morgan fingerprint density at radius 1 is 1.16 bits per heavy atom. The lowest BCUT2D eigenvalue weighted by molar-refractivity contribution is -0.137. The summed E-state index contributed by atoms with van der Waals surface area (Å²) >= 11 is 0. The van der Waals surface area contributed by atoms with Crippen LogP contribution in [0.25, 0.3) is 0 Å². The van der Waals surface area contributed by atoms with Crippen LogP contribution >= 0.6 is 24.0 Å². The molecular formula is C17H19F3IN3O. The van der Waals surface area contributed by atoms with Crippen molar-refractivity contribution in [3.05, 3.63) is 65.2 Å². The van der Waals surface area contributed by atoms with Crippen molar-refractivity contribution in [3.63, 3.8) is 0 Å². The number of hydrogen-bond donors (Lipinski definition) is 2. The molecule has 0 unspecified atom stereocenters. The zero-order valence-electron chi connectivity index (χ0n) is 13.5. The number of aliphatic imine (C=N–C) groups is 1. The average Bonchev–Trinajstić information content (AvgIpc) is 2.54. The van der Waals surface area contributed by atoms with Crippen LogP contribution in [0, 0.1) is 0 Å². The largest absolute Gasteiger partial charge is 0.416 e. The second kappa shape index (κ2) is 9.62. The van der Waals surface area contributed by atoms with Crippen LogP contribution in [0.2, 0.25) is 0 Å². The van der Waals surface area contributed by atoms with Crippen LogP contribution in [0.15, 0.2) is 53.5 Å². The highest BCUT2D eigenvalue weighted by molar-refractivity contribution is 14.0. The van der Waals surface area contributed by atoms with E-state index in [1.54, 1.807) is 13.2 Å². The van der Waals surface area contributed by atoms with Gasteiger partial charge in [0.05, 0.1) is 18.7 Å². The number of alkyl halides is 3. The van der Waals surface area contributed by atoms with Crippen molar-refractivity contribution < 1.29 is 17.9 Å². The zero-order valence-corrected chi connectivity index (χ0v) is 15.8. The number of nitrogens with two attached hydrogens (primary N) is 1. The number of ether oxygens (including phenoxy) is 1. The Morgan fingerprint density at radius 3 is 2.56 bits per heavy atom. The lowest BCUT2D eigenvalue weighted by Crippen LogP contribution is -2.23. The van der Waals surface area contributed by atoms with Crippen LogP contribution in [-0.2, 0) is 24.1 Å². The molecule has 0 aliphatic rings. The second-order valence-electron chi connectivity index (χ2n) is 5.11. The van der Waals surface area contributed by atoms with Crippen molar-refractivity contribution in [2.24, 2.45) is 10.7 Å². The van der Waals surface area contributed by atoms with Crippen molar-refractivity contribution in [3.8, 4) is 0 Å². The van der Waals surface area contributed by atoms with E-state index in [0.717, 1.165) is 23.4 Å². The van der Waals surface area contributed by atoms with Crippen LogP contribution < -0.4 is 11.1 Å². The van der Waals surface area contributed by atoms with Gasteiger partial charge in [-0.2, -0.15) is 13.2 Å². The maximum absolute atomic E-state index is 12.7. The quantitative estimate of drug-likeness (QED) is 0.391. The summed E-state index contributed by atoms with van der Waals surface area (Å²) in [6.07, 6.45) is -4.37. The van der Waals surface area contributed by atoms with Gasteiger partial charge in [0.2, 0.25) is 0 Å². The van der Waals surface area contributed by atoms with E-state index in [-0.39, 0.29) is 36.5 Å². The summed E-state index contributed by atoms with van der Waals surface area (Å²) in [4.78, 5) is 4.09. The molecule has 0 spiro atoms. The molecule has 0 radical (unpaired) electrons. The van der Waals surface area contributed by atoms with Crippen LogP contribution in [0.5, 0.6) is 0 Å². The Labute approximate surface area is 161 Å². The summed E-state index contributed by atoms with van der Waals surface area (Å²) in [6, 6.07) is 12.4. The third kappa shape index (κ3) is 6.54. The Hall–Kier alpha value is -1.81. The van der Waals surface area contributed by atoms with E-state index in [4.69, 9.17) is 10.5 Å². The van der Waals surface area contributed by atoms with E-state index in [2.05, 4.69) is 10.3 Å². The Kier molecular flexibility index (Phi) is 8.17. The number of guanidine groups is 1. The van der Waals surface area contributed by atoms with Gasteiger partial charge in [0, 0.05) is 18.4 Å². The first-order chi connectivity index (χ1) is 11.4. The Bertz CT molecular complexity index is 720. The van der Waals surface area contributed by atoms with Crippen LogP contribution in [0.4, 0.5) is 18.9 Å². The number of nitrogens with one attached hydrogen (secondary N) is 1. The molecule has 0 aromatic heterocycles. The molecule has 25 heavy (non-hydrogen) atoms. The Morgan fingerprint density at radius 2 is 1.88 bits per heavy atom. The minimum absolute atomic E-state index is 0. The standard InChI is InChI=1S/C17H18F3N3O.HI/c1-24-11-13-6-2-3-8-15(13)23-16(21)22-10-12-5-4-7-14(9-12)17(18,19)20;/h2-9H,10-11H2,1H3,(H3,21,22,23);1H. The highest BCUT2D eigenvalue weighted by Gasteiger charge is 2.30. The van der Waals surface area contributed by atoms with Crippen molar-refractivity contribution in [1.82, 2.24) is 0 Å². The molecule has 136 valence electrons. The number of halogens is 4. The number of nitrogens with zero attached hydrogens (tertiary/aromatic N) is 1. The molecule has 3 N–H and O–H groups in total. The van der Waals surface area contributed by atoms with Crippen molar-refractivity contribution >= 4 is 35.6 Å². The van der Waals surface area contributed by atoms with Gasteiger partial charge in [-0.15, -0.1) is 24.0 Å². The molecule has 0 atom stereocenters. The van der Waals surface area contributed by atoms with Gasteiger partial charge in [0.1, 0.15) is 0 Å². The summed E-state index contributed by atoms with van der Waals surface area (Å²) in [5.74, 6) is 0.121. The van der Waals surface area contributed by atoms with Crippen LogP contribution in [0.3, 0.4) is 0 Å². The predicted octanol–water partition coefficient (Wildman–Crippen LogP) is 4.40. The summed E-state index contributed by atoms with van der Waals surface area (Å²) < 4.78 is 43.2. The zero-order chi connectivity index (χ0) is 17.6. The molecule has 0 amide bonds. The van der Waals surface area contributed by atoms with E-state index in [0.29, 0.717) is 12.2 Å². The topological polar surface area (TPSA) is 59.6 Å². The number of methoxy groups -OCH3 is 1. The van der Waals surface area contributed by atoms with Crippen LogP contribution in [-0.4, -0.2) is 13.1 Å². The number of para-hydroxylation sites is 1. The molecule has 0 saturated heterocycles. The summed E-state index contributed by atoms with van der Waals surface area (Å²) in [5.41, 5.74) is 7.19. The highest BCUT2D eigenvalue weighted by atomic mass is 127. The SMILES string of the molecule is COCc1ccccc1NC(N)=NCc1cccc(C(F)(F)F)c1.I. The molecule has 4 nitrogen and oxygen atoms in total. The van der Waals surface area contributed by atoms with E-state index in [9.17, 15) is 13.2 Å². The van der Waals surface area contributed by atoms with Gasteiger partial charge in [-0.1, -0.05) is 30.3 Å². The number of benzene rings is 2. The van der Waals surface area contributed by atoms with Gasteiger partial charge in [-0.3, -0.25) is 0 Å². The number of hydrogen-bond acceptors (Lipinski definition) is 2. The van der Waals surface area contributed by atoms with E-state index in [1.807, 2.05) is 24.3 Å². The first kappa shape index (κ1) is 21.2. The Balaban J connectivity index is 0.00000312. The molecule has 0 aliphatic heterocycles. The van der Waals surface area contributed by atoms with Crippen molar-refractivity contribution in [2.75, 3.05) is 12.4 Å². The summed E-state index contributed by atoms with van der Waals surface area (Å²) in [6.45, 7) is 0.458. The van der Waals surface area contributed by atoms with Crippen molar-refractivity contribution in [1.29, 1.82) is 0 Å². The second-order valence-corrected chi connectivity index (χ2v) is 5.11. The predicted molar refractivity (Wildman–Crippen MR) is 103 cm³/mol. The van der Waals surface area contributed by atoms with Gasteiger partial charge < -0.3 is 15.8 Å².